The molecule has 0 saturated carbocycles. The van der Waals surface area contributed by atoms with E-state index in [0.29, 0.717) is 0 Å². The zero-order chi connectivity index (χ0) is 19.6. The number of carbonyl (C=O) groups is 1. The molecule has 0 aromatic heterocycles. The van der Waals surface area contributed by atoms with Gasteiger partial charge in [0.05, 0.1) is 23.9 Å². The number of carbonyl (C=O) groups excluding carboxylic acids is 1. The lowest BCUT2D eigenvalue weighted by molar-refractivity contribution is -0.151. The number of hydrogen-bond donors (Lipinski definition) is 1. The van der Waals surface area contributed by atoms with Crippen LogP contribution in [0.25, 0.3) is 0 Å². The lowest BCUT2D eigenvalue weighted by Crippen LogP contribution is -2.47. The van der Waals surface area contributed by atoms with E-state index >= 15 is 0 Å². The van der Waals surface area contributed by atoms with Gasteiger partial charge in [0.2, 0.25) is 5.41 Å². The Morgan fingerprint density at radius 2 is 2.04 bits per heavy atom. The molecule has 1 aromatic rings. The Labute approximate surface area is 159 Å². The van der Waals surface area contributed by atoms with Crippen LogP contribution < -0.4 is 5.73 Å². The number of hydrogen-bond acceptors (Lipinski definition) is 5. The molecule has 0 bridgehead atoms. The SMILES string of the molecule is CCOC(=O)[C@@]1(C#N)C(N)=C(C#N)C2=C(CCC[C@H]2C)[C@H]1c1ccccc1. The number of allylic oxidation sites excluding steroid dienone is 3. The van der Waals surface area contributed by atoms with Gasteiger partial charge in [0, 0.05) is 5.92 Å². The van der Waals surface area contributed by atoms with Gasteiger partial charge in [-0.15, -0.1) is 0 Å². The molecule has 27 heavy (non-hydrogen) atoms. The smallest absolute Gasteiger partial charge is 0.333 e. The Bertz CT molecular complexity index is 902. The fraction of sp³-hybridized carbons (Fsp3) is 0.409. The van der Waals surface area contributed by atoms with Crippen molar-refractivity contribution in [3.05, 3.63) is 58.3 Å². The predicted molar refractivity (Wildman–Crippen MR) is 101 cm³/mol. The molecule has 3 rings (SSSR count). The maximum Gasteiger partial charge on any atom is 0.333 e. The summed E-state index contributed by atoms with van der Waals surface area (Å²) in [6.07, 6.45) is 2.64. The zero-order valence-electron chi connectivity index (χ0n) is 15.7. The van der Waals surface area contributed by atoms with Gasteiger partial charge in [-0.1, -0.05) is 42.8 Å². The minimum Gasteiger partial charge on any atom is -0.464 e. The highest BCUT2D eigenvalue weighted by Gasteiger charge is 2.57. The Kier molecular flexibility index (Phi) is 5.06. The molecule has 0 unspecified atom stereocenters. The van der Waals surface area contributed by atoms with Gasteiger partial charge in [-0.3, -0.25) is 0 Å². The van der Waals surface area contributed by atoms with Crippen LogP contribution >= 0.6 is 0 Å². The summed E-state index contributed by atoms with van der Waals surface area (Å²) in [4.78, 5) is 13.1. The molecule has 0 radical (unpaired) electrons. The molecule has 2 N–H and O–H groups in total. The fourth-order valence-electron chi connectivity index (χ4n) is 4.52. The molecule has 0 amide bonds. The van der Waals surface area contributed by atoms with Crippen LogP contribution in [0.3, 0.4) is 0 Å². The van der Waals surface area contributed by atoms with Crippen LogP contribution in [0.4, 0.5) is 0 Å². The molecule has 5 heteroatoms. The van der Waals surface area contributed by atoms with Crippen molar-refractivity contribution < 1.29 is 9.53 Å². The first-order valence-corrected chi connectivity index (χ1v) is 9.29. The monoisotopic (exact) mass is 361 g/mol. The molecule has 1 aromatic carbocycles. The van der Waals surface area contributed by atoms with E-state index in [1.165, 1.54) is 0 Å². The van der Waals surface area contributed by atoms with Crippen LogP contribution in [-0.4, -0.2) is 12.6 Å². The maximum absolute atomic E-state index is 13.1. The molecule has 0 aliphatic heterocycles. The summed E-state index contributed by atoms with van der Waals surface area (Å²) < 4.78 is 5.29. The van der Waals surface area contributed by atoms with Crippen molar-refractivity contribution in [3.63, 3.8) is 0 Å². The van der Waals surface area contributed by atoms with E-state index in [9.17, 15) is 15.3 Å². The highest BCUT2D eigenvalue weighted by Crippen LogP contribution is 2.56. The topological polar surface area (TPSA) is 99.9 Å². The molecule has 3 atom stereocenters. The van der Waals surface area contributed by atoms with Crippen LogP contribution in [0.1, 0.15) is 44.6 Å². The first-order valence-electron chi connectivity index (χ1n) is 9.29. The zero-order valence-corrected chi connectivity index (χ0v) is 15.7. The number of nitrogens with two attached hydrogens (primary N) is 1. The van der Waals surface area contributed by atoms with Crippen LogP contribution in [0.15, 0.2) is 52.7 Å². The molecular weight excluding hydrogens is 338 g/mol. The summed E-state index contributed by atoms with van der Waals surface area (Å²) in [5, 5.41) is 20.0. The van der Waals surface area contributed by atoms with E-state index < -0.39 is 17.3 Å². The van der Waals surface area contributed by atoms with Crippen molar-refractivity contribution in [2.24, 2.45) is 17.1 Å². The van der Waals surface area contributed by atoms with Gasteiger partial charge < -0.3 is 10.5 Å². The largest absolute Gasteiger partial charge is 0.464 e. The van der Waals surface area contributed by atoms with Crippen LogP contribution in [0.5, 0.6) is 0 Å². The quantitative estimate of drug-likeness (QED) is 0.827. The van der Waals surface area contributed by atoms with Gasteiger partial charge in [-0.05, 0) is 43.2 Å². The molecule has 5 nitrogen and oxygen atoms in total. The van der Waals surface area contributed by atoms with Gasteiger partial charge in [-0.25, -0.2) is 4.79 Å². The molecule has 0 fully saturated rings. The van der Waals surface area contributed by atoms with E-state index in [-0.39, 0.29) is 23.8 Å². The van der Waals surface area contributed by atoms with Gasteiger partial charge in [0.25, 0.3) is 0 Å². The Morgan fingerprint density at radius 3 is 2.63 bits per heavy atom. The Morgan fingerprint density at radius 1 is 1.33 bits per heavy atom. The van der Waals surface area contributed by atoms with Gasteiger partial charge in [-0.2, -0.15) is 10.5 Å². The summed E-state index contributed by atoms with van der Waals surface area (Å²) in [6.45, 7) is 3.91. The van der Waals surface area contributed by atoms with Gasteiger partial charge in [0.1, 0.15) is 6.07 Å². The number of esters is 1. The number of ether oxygens (including phenoxy) is 1. The van der Waals surface area contributed by atoms with Gasteiger partial charge in [0.15, 0.2) is 0 Å². The minimum absolute atomic E-state index is 0.0207. The van der Waals surface area contributed by atoms with Crippen molar-refractivity contribution in [1.29, 1.82) is 10.5 Å². The Hall–Kier alpha value is -3.05. The molecule has 2 aliphatic carbocycles. The highest BCUT2D eigenvalue weighted by atomic mass is 16.5. The number of nitrogens with zero attached hydrogens (tertiary/aromatic N) is 2. The van der Waals surface area contributed by atoms with E-state index in [2.05, 4.69) is 19.1 Å². The maximum atomic E-state index is 13.1. The molecule has 2 aliphatic rings. The molecule has 0 saturated heterocycles. The van der Waals surface area contributed by atoms with Crippen LogP contribution in [0, 0.1) is 34.0 Å². The average molecular weight is 361 g/mol. The number of rotatable bonds is 3. The first-order chi connectivity index (χ1) is 13.0. The summed E-state index contributed by atoms with van der Waals surface area (Å²) >= 11 is 0. The second kappa shape index (κ2) is 7.29. The Balaban J connectivity index is 2.38. The summed E-state index contributed by atoms with van der Waals surface area (Å²) in [5.74, 6) is -1.07. The highest BCUT2D eigenvalue weighted by molar-refractivity contribution is 5.88. The molecule has 0 spiro atoms. The number of benzene rings is 1. The summed E-state index contributed by atoms with van der Waals surface area (Å²) in [5.41, 5.74) is 7.70. The molecule has 138 valence electrons. The van der Waals surface area contributed by atoms with E-state index in [1.807, 2.05) is 30.3 Å². The van der Waals surface area contributed by atoms with Crippen molar-refractivity contribution in [3.8, 4) is 12.1 Å². The lowest BCUT2D eigenvalue weighted by atomic mass is 9.58. The van der Waals surface area contributed by atoms with Gasteiger partial charge >= 0.3 is 5.97 Å². The minimum atomic E-state index is -1.72. The van der Waals surface area contributed by atoms with Crippen molar-refractivity contribution >= 4 is 5.97 Å². The van der Waals surface area contributed by atoms with E-state index in [4.69, 9.17) is 10.5 Å². The average Bonchev–Trinajstić information content (AvgIpc) is 2.68. The van der Waals surface area contributed by atoms with Crippen molar-refractivity contribution in [2.75, 3.05) is 6.61 Å². The number of nitriles is 2. The third kappa shape index (κ3) is 2.71. The third-order valence-electron chi connectivity index (χ3n) is 5.69. The first kappa shape index (κ1) is 18.7. The van der Waals surface area contributed by atoms with E-state index in [1.54, 1.807) is 6.92 Å². The van der Waals surface area contributed by atoms with Crippen molar-refractivity contribution in [1.82, 2.24) is 0 Å². The second-order valence-electron chi connectivity index (χ2n) is 7.12. The standard InChI is InChI=1S/C22H23N3O2/c1-3-27-21(26)22(13-24)19(15-9-5-4-6-10-15)16-11-7-8-14(2)18(16)17(12-23)20(22)25/h4-6,9-10,14,19H,3,7-8,11,25H2,1-2H3/t14-,19-,22-/m1/s1. The third-order valence-corrected chi connectivity index (χ3v) is 5.69. The lowest BCUT2D eigenvalue weighted by Gasteiger charge is -2.43. The van der Waals surface area contributed by atoms with Crippen LogP contribution in [0.2, 0.25) is 0 Å². The predicted octanol–water partition coefficient (Wildman–Crippen LogP) is 3.71. The normalized spacial score (nSPS) is 27.4. The molecule has 0 heterocycles. The summed E-state index contributed by atoms with van der Waals surface area (Å²) in [6, 6.07) is 13.8. The van der Waals surface area contributed by atoms with E-state index in [0.717, 1.165) is 36.0 Å². The second-order valence-corrected chi connectivity index (χ2v) is 7.12. The molecular formula is C22H23N3O2. The fourth-order valence-corrected chi connectivity index (χ4v) is 4.52. The van der Waals surface area contributed by atoms with Crippen LogP contribution in [-0.2, 0) is 9.53 Å². The summed E-state index contributed by atoms with van der Waals surface area (Å²) in [7, 11) is 0. The van der Waals surface area contributed by atoms with Crippen molar-refractivity contribution in [2.45, 2.75) is 39.0 Å².